The molecule has 3 aromatic rings. The lowest BCUT2D eigenvalue weighted by molar-refractivity contribution is -0.137. The van der Waals surface area contributed by atoms with Crippen molar-refractivity contribution in [3.8, 4) is 22.4 Å². The number of halogens is 3. The van der Waals surface area contributed by atoms with Crippen molar-refractivity contribution in [1.29, 1.82) is 0 Å². The summed E-state index contributed by atoms with van der Waals surface area (Å²) in [6, 6.07) is 14.1. The Morgan fingerprint density at radius 1 is 1.04 bits per heavy atom. The van der Waals surface area contributed by atoms with Gasteiger partial charge in [-0.3, -0.25) is 0 Å². The highest BCUT2D eigenvalue weighted by Crippen LogP contribution is 2.34. The molecule has 0 bridgehead atoms. The Labute approximate surface area is 153 Å². The lowest BCUT2D eigenvalue weighted by atomic mass is 10.1. The van der Waals surface area contributed by atoms with Crippen LogP contribution in [0.2, 0.25) is 0 Å². The Morgan fingerprint density at radius 3 is 2.31 bits per heavy atom. The third-order valence-electron chi connectivity index (χ3n) is 3.67. The SMILES string of the molecule is Cc1nc(-c2ccc(C(F)(F)F)cc2)sc1C(O)C#Cc1ccccc1. The molecule has 0 saturated carbocycles. The number of thiazole rings is 1. The molecule has 3 rings (SSSR count). The van der Waals surface area contributed by atoms with E-state index in [1.165, 1.54) is 23.5 Å². The van der Waals surface area contributed by atoms with Crippen LogP contribution in [0.25, 0.3) is 10.6 Å². The minimum absolute atomic E-state index is 0.548. The van der Waals surface area contributed by atoms with Gasteiger partial charge in [0.15, 0.2) is 6.10 Å². The fourth-order valence-electron chi connectivity index (χ4n) is 2.33. The molecule has 1 N–H and O–H groups in total. The Bertz CT molecular complexity index is 951. The maximum atomic E-state index is 12.7. The van der Waals surface area contributed by atoms with Crippen molar-refractivity contribution in [3.63, 3.8) is 0 Å². The second-order valence-electron chi connectivity index (χ2n) is 5.58. The Hall–Kier alpha value is -2.62. The lowest BCUT2D eigenvalue weighted by Crippen LogP contribution is -2.03. The summed E-state index contributed by atoms with van der Waals surface area (Å²) in [4.78, 5) is 4.94. The summed E-state index contributed by atoms with van der Waals surface area (Å²) in [5, 5.41) is 10.9. The van der Waals surface area contributed by atoms with Gasteiger partial charge in [0, 0.05) is 11.1 Å². The molecule has 0 amide bonds. The van der Waals surface area contributed by atoms with Gasteiger partial charge in [-0.25, -0.2) is 4.98 Å². The second-order valence-corrected chi connectivity index (χ2v) is 6.61. The van der Waals surface area contributed by atoms with Crippen LogP contribution in [0.3, 0.4) is 0 Å². The van der Waals surface area contributed by atoms with Gasteiger partial charge in [0.05, 0.1) is 16.1 Å². The number of aliphatic hydroxyl groups excluding tert-OH is 1. The minimum atomic E-state index is -4.37. The van der Waals surface area contributed by atoms with E-state index < -0.39 is 17.8 Å². The van der Waals surface area contributed by atoms with Gasteiger partial charge in [0.25, 0.3) is 0 Å². The monoisotopic (exact) mass is 373 g/mol. The summed E-state index contributed by atoms with van der Waals surface area (Å²) in [5.41, 5.74) is 1.26. The maximum Gasteiger partial charge on any atom is 0.416 e. The Kier molecular flexibility index (Phi) is 5.12. The van der Waals surface area contributed by atoms with Crippen LogP contribution in [0.4, 0.5) is 13.2 Å². The van der Waals surface area contributed by atoms with Gasteiger partial charge in [-0.1, -0.05) is 42.2 Å². The number of rotatable bonds is 2. The van der Waals surface area contributed by atoms with E-state index in [2.05, 4.69) is 16.8 Å². The Morgan fingerprint density at radius 2 is 1.69 bits per heavy atom. The van der Waals surface area contributed by atoms with E-state index >= 15 is 0 Å². The van der Waals surface area contributed by atoms with Crippen molar-refractivity contribution in [2.75, 3.05) is 0 Å². The molecule has 0 spiro atoms. The normalized spacial score (nSPS) is 12.3. The van der Waals surface area contributed by atoms with Crippen LogP contribution < -0.4 is 0 Å². The van der Waals surface area contributed by atoms with Crippen LogP contribution in [0.5, 0.6) is 0 Å². The molecular weight excluding hydrogens is 359 g/mol. The third kappa shape index (κ3) is 4.13. The minimum Gasteiger partial charge on any atom is -0.375 e. The summed E-state index contributed by atoms with van der Waals surface area (Å²) in [6.07, 6.45) is -5.37. The molecular formula is C20H14F3NOS. The Balaban J connectivity index is 1.84. The van der Waals surface area contributed by atoms with Crippen LogP contribution in [-0.4, -0.2) is 10.1 Å². The molecule has 0 fully saturated rings. The molecule has 0 aliphatic heterocycles. The van der Waals surface area contributed by atoms with Crippen LogP contribution in [0.15, 0.2) is 54.6 Å². The smallest absolute Gasteiger partial charge is 0.375 e. The zero-order valence-corrected chi connectivity index (χ0v) is 14.5. The molecule has 0 aliphatic carbocycles. The highest BCUT2D eigenvalue weighted by molar-refractivity contribution is 7.15. The van der Waals surface area contributed by atoms with Gasteiger partial charge in [0.2, 0.25) is 0 Å². The van der Waals surface area contributed by atoms with Gasteiger partial charge in [0.1, 0.15) is 5.01 Å². The molecule has 0 aliphatic rings. The molecule has 0 saturated heterocycles. The molecule has 6 heteroatoms. The van der Waals surface area contributed by atoms with Crippen LogP contribution >= 0.6 is 11.3 Å². The first-order valence-corrected chi connectivity index (χ1v) is 8.56. The van der Waals surface area contributed by atoms with Crippen molar-refractivity contribution in [2.24, 2.45) is 0 Å². The molecule has 2 nitrogen and oxygen atoms in total. The van der Waals surface area contributed by atoms with Crippen molar-refractivity contribution < 1.29 is 18.3 Å². The molecule has 1 heterocycles. The largest absolute Gasteiger partial charge is 0.416 e. The standard InChI is InChI=1S/C20H14F3NOS/c1-13-18(17(25)12-7-14-5-3-2-4-6-14)26-19(24-13)15-8-10-16(11-9-15)20(21,22)23/h2-6,8-11,17,25H,1H3. The maximum absolute atomic E-state index is 12.7. The van der Waals surface area contributed by atoms with Gasteiger partial charge in [-0.05, 0) is 31.2 Å². The van der Waals surface area contributed by atoms with Gasteiger partial charge in [-0.2, -0.15) is 13.2 Å². The molecule has 26 heavy (non-hydrogen) atoms. The molecule has 132 valence electrons. The molecule has 0 radical (unpaired) electrons. The van der Waals surface area contributed by atoms with E-state index in [4.69, 9.17) is 0 Å². The molecule has 1 atom stereocenters. The number of aryl methyl sites for hydroxylation is 1. The second kappa shape index (κ2) is 7.32. The highest BCUT2D eigenvalue weighted by atomic mass is 32.1. The van der Waals surface area contributed by atoms with Crippen molar-refractivity contribution in [1.82, 2.24) is 4.98 Å². The van der Waals surface area contributed by atoms with Gasteiger partial charge < -0.3 is 5.11 Å². The first-order valence-electron chi connectivity index (χ1n) is 7.74. The third-order valence-corrected chi connectivity index (χ3v) is 4.93. The zero-order chi connectivity index (χ0) is 18.7. The summed E-state index contributed by atoms with van der Waals surface area (Å²) in [6.45, 7) is 1.74. The molecule has 2 aromatic carbocycles. The van der Waals surface area contributed by atoms with Crippen LogP contribution in [0.1, 0.15) is 27.8 Å². The van der Waals surface area contributed by atoms with E-state index in [1.54, 1.807) is 6.92 Å². The first kappa shape index (κ1) is 18.2. The van der Waals surface area contributed by atoms with E-state index in [1.807, 2.05) is 30.3 Å². The predicted molar refractivity (Wildman–Crippen MR) is 95.6 cm³/mol. The van der Waals surface area contributed by atoms with Crippen molar-refractivity contribution in [2.45, 2.75) is 19.2 Å². The fourth-order valence-corrected chi connectivity index (χ4v) is 3.33. The van der Waals surface area contributed by atoms with Crippen LogP contribution in [0, 0.1) is 18.8 Å². The van der Waals surface area contributed by atoms with E-state index in [9.17, 15) is 18.3 Å². The van der Waals surface area contributed by atoms with Gasteiger partial charge in [-0.15, -0.1) is 11.3 Å². The summed E-state index contributed by atoms with van der Waals surface area (Å²) in [5.74, 6) is 5.67. The number of nitrogens with zero attached hydrogens (tertiary/aromatic N) is 1. The average Bonchev–Trinajstić information content (AvgIpc) is 3.02. The lowest BCUT2D eigenvalue weighted by Gasteiger charge is -2.06. The van der Waals surface area contributed by atoms with Crippen molar-refractivity contribution in [3.05, 3.63) is 76.3 Å². The summed E-state index contributed by atoms with van der Waals surface area (Å²) >= 11 is 1.22. The highest BCUT2D eigenvalue weighted by Gasteiger charge is 2.30. The number of benzene rings is 2. The predicted octanol–water partition coefficient (Wildman–Crippen LogP) is 5.22. The van der Waals surface area contributed by atoms with E-state index in [0.717, 1.165) is 17.7 Å². The number of hydrogen-bond donors (Lipinski definition) is 1. The zero-order valence-electron chi connectivity index (χ0n) is 13.7. The van der Waals surface area contributed by atoms with Crippen molar-refractivity contribution >= 4 is 11.3 Å². The summed E-state index contributed by atoms with van der Waals surface area (Å²) < 4.78 is 38.0. The van der Waals surface area contributed by atoms with Gasteiger partial charge >= 0.3 is 6.18 Å². The number of aliphatic hydroxyl groups is 1. The topological polar surface area (TPSA) is 33.1 Å². The quantitative estimate of drug-likeness (QED) is 0.625. The van der Waals surface area contributed by atoms with E-state index in [0.29, 0.717) is 21.1 Å². The fraction of sp³-hybridized carbons (Fsp3) is 0.150. The van der Waals surface area contributed by atoms with E-state index in [-0.39, 0.29) is 0 Å². The number of hydrogen-bond acceptors (Lipinski definition) is 3. The first-order chi connectivity index (χ1) is 12.3. The summed E-state index contributed by atoms with van der Waals surface area (Å²) in [7, 11) is 0. The average molecular weight is 373 g/mol. The number of aromatic nitrogens is 1. The molecule has 1 unspecified atom stereocenters. The number of alkyl halides is 3. The molecule has 1 aromatic heterocycles. The van der Waals surface area contributed by atoms with Crippen LogP contribution in [-0.2, 0) is 6.18 Å².